The molecule has 0 unspecified atom stereocenters. The van der Waals surface area contributed by atoms with E-state index in [0.717, 1.165) is 12.1 Å². The Hall–Kier alpha value is -3.03. The van der Waals surface area contributed by atoms with Gasteiger partial charge in [-0.3, -0.25) is 4.40 Å². The van der Waals surface area contributed by atoms with Gasteiger partial charge in [-0.15, -0.1) is 0 Å². The molecule has 0 bridgehead atoms. The molecule has 9 heteroatoms. The van der Waals surface area contributed by atoms with Crippen LogP contribution in [-0.4, -0.2) is 20.5 Å². The van der Waals surface area contributed by atoms with Crippen LogP contribution in [0.25, 0.3) is 28.2 Å². The number of nitrogens with zero attached hydrogens (tertiary/aromatic N) is 2. The van der Waals surface area contributed by atoms with E-state index >= 15 is 0 Å². The van der Waals surface area contributed by atoms with Crippen molar-refractivity contribution in [1.29, 1.82) is 0 Å². The van der Waals surface area contributed by atoms with Crippen LogP contribution in [0.15, 0.2) is 60.8 Å². The van der Waals surface area contributed by atoms with E-state index in [9.17, 15) is 23.1 Å². The van der Waals surface area contributed by atoms with E-state index in [2.05, 4.69) is 4.98 Å². The third kappa shape index (κ3) is 3.51. The molecule has 0 fully saturated rings. The molecule has 4 aromatic rings. The van der Waals surface area contributed by atoms with Gasteiger partial charge < -0.3 is 5.11 Å². The molecule has 1 N–H and O–H groups in total. The maximum Gasteiger partial charge on any atom is 0.416 e. The van der Waals surface area contributed by atoms with Gasteiger partial charge >= 0.3 is 12.1 Å². The fourth-order valence-electron chi connectivity index (χ4n) is 3.18. The molecule has 0 saturated heterocycles. The number of carboxylic acids is 1. The topological polar surface area (TPSA) is 54.6 Å². The Morgan fingerprint density at radius 1 is 0.933 bits per heavy atom. The molecule has 0 aliphatic heterocycles. The normalized spacial score (nSPS) is 11.8. The quantitative estimate of drug-likeness (QED) is 0.378. The van der Waals surface area contributed by atoms with Crippen molar-refractivity contribution in [2.75, 3.05) is 0 Å². The molecule has 2 heterocycles. The van der Waals surface area contributed by atoms with Gasteiger partial charge in [-0.25, -0.2) is 9.78 Å². The van der Waals surface area contributed by atoms with Crippen LogP contribution in [0.5, 0.6) is 0 Å². The van der Waals surface area contributed by atoms with Gasteiger partial charge in [-0.05, 0) is 30.3 Å². The molecule has 0 amide bonds. The summed E-state index contributed by atoms with van der Waals surface area (Å²) in [5.41, 5.74) is 0.945. The Labute approximate surface area is 178 Å². The summed E-state index contributed by atoms with van der Waals surface area (Å²) in [7, 11) is 0. The molecule has 0 aliphatic rings. The van der Waals surface area contributed by atoms with Crippen LogP contribution in [0.3, 0.4) is 0 Å². The van der Waals surface area contributed by atoms with Gasteiger partial charge in [-0.2, -0.15) is 13.2 Å². The molecular weight excluding hydrogens is 440 g/mol. The number of pyridine rings is 1. The van der Waals surface area contributed by atoms with Crippen LogP contribution in [0.4, 0.5) is 13.2 Å². The second kappa shape index (κ2) is 7.34. The summed E-state index contributed by atoms with van der Waals surface area (Å²) in [6.45, 7) is 0. The zero-order valence-electron chi connectivity index (χ0n) is 14.9. The molecule has 152 valence electrons. The lowest BCUT2D eigenvalue weighted by molar-refractivity contribution is -0.137. The smallest absolute Gasteiger partial charge is 0.416 e. The number of rotatable bonds is 3. The number of alkyl halides is 3. The highest BCUT2D eigenvalue weighted by atomic mass is 35.5. The summed E-state index contributed by atoms with van der Waals surface area (Å²) in [6, 6.07) is 12.7. The average molecular weight is 451 g/mol. The second-order valence-corrected chi connectivity index (χ2v) is 7.27. The van der Waals surface area contributed by atoms with Gasteiger partial charge in [0, 0.05) is 22.3 Å². The van der Waals surface area contributed by atoms with Crippen molar-refractivity contribution in [3.8, 4) is 22.5 Å². The van der Waals surface area contributed by atoms with Gasteiger partial charge in [0.05, 0.1) is 22.0 Å². The summed E-state index contributed by atoms with van der Waals surface area (Å²) in [6.07, 6.45) is -2.91. The zero-order chi connectivity index (χ0) is 21.6. The van der Waals surface area contributed by atoms with Gasteiger partial charge in [0.2, 0.25) is 0 Å². The Balaban J connectivity index is 2.03. The predicted octanol–water partition coefficient (Wildman–Crippen LogP) is 6.69. The highest BCUT2D eigenvalue weighted by Gasteiger charge is 2.30. The van der Waals surface area contributed by atoms with E-state index in [1.165, 1.54) is 18.2 Å². The largest absolute Gasteiger partial charge is 0.478 e. The second-order valence-electron chi connectivity index (χ2n) is 6.43. The maximum absolute atomic E-state index is 12.9. The molecule has 30 heavy (non-hydrogen) atoms. The first-order valence-electron chi connectivity index (χ1n) is 8.54. The SMILES string of the molecule is O=C(O)c1c(Cl)ccn2c(-c3ccc(Cl)cc3)c(-c3ccc(C(F)(F)F)cc3)nc12. The van der Waals surface area contributed by atoms with Crippen molar-refractivity contribution >= 4 is 34.8 Å². The number of fused-ring (bicyclic) bond motifs is 1. The fourth-order valence-corrected chi connectivity index (χ4v) is 3.53. The first-order valence-corrected chi connectivity index (χ1v) is 9.30. The molecular formula is C21H11Cl2F3N2O2. The highest BCUT2D eigenvalue weighted by molar-refractivity contribution is 6.34. The lowest BCUT2D eigenvalue weighted by Gasteiger charge is -2.09. The van der Waals surface area contributed by atoms with Crippen LogP contribution in [0.2, 0.25) is 10.0 Å². The number of aromatic nitrogens is 2. The number of hydrogen-bond acceptors (Lipinski definition) is 2. The standard InChI is InChI=1S/C21H11Cl2F3N2O2/c22-14-7-3-12(4-8-14)18-17(11-1-5-13(6-2-11)21(24,25)26)27-19-16(20(29)30)15(23)9-10-28(18)19/h1-10H,(H,29,30). The van der Waals surface area contributed by atoms with E-state index in [0.29, 0.717) is 27.5 Å². The highest BCUT2D eigenvalue weighted by Crippen LogP contribution is 2.37. The van der Waals surface area contributed by atoms with Crippen molar-refractivity contribution < 1.29 is 23.1 Å². The minimum atomic E-state index is -4.47. The summed E-state index contributed by atoms with van der Waals surface area (Å²) in [5.74, 6) is -1.27. The monoisotopic (exact) mass is 450 g/mol. The minimum Gasteiger partial charge on any atom is -0.478 e. The summed E-state index contributed by atoms with van der Waals surface area (Å²) < 4.78 is 40.4. The summed E-state index contributed by atoms with van der Waals surface area (Å²) >= 11 is 12.0. The van der Waals surface area contributed by atoms with Crippen LogP contribution in [0, 0.1) is 0 Å². The number of hydrogen-bond donors (Lipinski definition) is 1. The van der Waals surface area contributed by atoms with Gasteiger partial charge in [0.1, 0.15) is 5.56 Å². The number of benzene rings is 2. The van der Waals surface area contributed by atoms with E-state index in [1.807, 2.05) is 0 Å². The first-order chi connectivity index (χ1) is 14.2. The first kappa shape index (κ1) is 20.3. The summed E-state index contributed by atoms with van der Waals surface area (Å²) in [4.78, 5) is 16.2. The molecule has 0 atom stereocenters. The third-order valence-electron chi connectivity index (χ3n) is 4.56. The molecule has 2 aromatic carbocycles. The molecule has 0 spiro atoms. The number of halogens is 5. The fraction of sp³-hybridized carbons (Fsp3) is 0.0476. The number of aromatic carboxylic acids is 1. The van der Waals surface area contributed by atoms with Gasteiger partial charge in [-0.1, -0.05) is 47.5 Å². The van der Waals surface area contributed by atoms with Crippen molar-refractivity contribution in [3.63, 3.8) is 0 Å². The van der Waals surface area contributed by atoms with Crippen LogP contribution < -0.4 is 0 Å². The van der Waals surface area contributed by atoms with Gasteiger partial charge in [0.25, 0.3) is 0 Å². The maximum atomic E-state index is 12.9. The molecule has 4 rings (SSSR count). The van der Waals surface area contributed by atoms with Crippen LogP contribution >= 0.6 is 23.2 Å². The molecule has 2 aromatic heterocycles. The van der Waals surface area contributed by atoms with Crippen molar-refractivity contribution in [2.24, 2.45) is 0 Å². The predicted molar refractivity (Wildman–Crippen MR) is 108 cm³/mol. The lowest BCUT2D eigenvalue weighted by Crippen LogP contribution is -2.04. The Kier molecular flexibility index (Phi) is 4.95. The molecule has 0 aliphatic carbocycles. The van der Waals surface area contributed by atoms with Crippen molar-refractivity contribution in [1.82, 2.24) is 9.38 Å². The Morgan fingerprint density at radius 2 is 1.53 bits per heavy atom. The Bertz CT molecular complexity index is 1260. The van der Waals surface area contributed by atoms with Crippen LogP contribution in [-0.2, 0) is 6.18 Å². The number of imidazole rings is 1. The minimum absolute atomic E-state index is 0.00151. The molecule has 0 radical (unpaired) electrons. The molecule has 0 saturated carbocycles. The van der Waals surface area contributed by atoms with Crippen LogP contribution in [0.1, 0.15) is 15.9 Å². The average Bonchev–Trinajstić information content (AvgIpc) is 3.07. The number of carbonyl (C=O) groups is 1. The Morgan fingerprint density at radius 3 is 2.10 bits per heavy atom. The van der Waals surface area contributed by atoms with Gasteiger partial charge in [0.15, 0.2) is 5.65 Å². The third-order valence-corrected chi connectivity index (χ3v) is 5.13. The zero-order valence-corrected chi connectivity index (χ0v) is 16.4. The van der Waals surface area contributed by atoms with Crippen molar-refractivity contribution in [3.05, 3.63) is 82.0 Å². The van der Waals surface area contributed by atoms with E-state index in [-0.39, 0.29) is 16.2 Å². The summed E-state index contributed by atoms with van der Waals surface area (Å²) in [5, 5.41) is 10.1. The van der Waals surface area contributed by atoms with E-state index in [4.69, 9.17) is 23.2 Å². The molecule has 4 nitrogen and oxygen atoms in total. The van der Waals surface area contributed by atoms with Crippen molar-refractivity contribution in [2.45, 2.75) is 6.18 Å². The number of carboxylic acid groups (broad SMARTS) is 1. The van der Waals surface area contributed by atoms with E-state index < -0.39 is 17.7 Å². The lowest BCUT2D eigenvalue weighted by atomic mass is 10.0. The van der Waals surface area contributed by atoms with E-state index in [1.54, 1.807) is 34.9 Å².